The Morgan fingerprint density at radius 3 is 2.16 bits per heavy atom. The lowest BCUT2D eigenvalue weighted by molar-refractivity contribution is -0.143. The number of nitrogens with zero attached hydrogens (tertiary/aromatic N) is 3. The van der Waals surface area contributed by atoms with E-state index < -0.39 is 52.3 Å². The van der Waals surface area contributed by atoms with Gasteiger partial charge in [-0.1, -0.05) is 0 Å². The van der Waals surface area contributed by atoms with Gasteiger partial charge in [0.2, 0.25) is 5.91 Å². The van der Waals surface area contributed by atoms with Gasteiger partial charge in [-0.2, -0.15) is 26.3 Å². The van der Waals surface area contributed by atoms with E-state index in [0.29, 0.717) is 44.8 Å². The number of alkyl halides is 6. The van der Waals surface area contributed by atoms with Crippen molar-refractivity contribution in [2.45, 2.75) is 25.2 Å². The maximum Gasteiger partial charge on any atom is 0.420 e. The molecule has 0 radical (unpaired) electrons. The predicted molar refractivity (Wildman–Crippen MR) is 150 cm³/mol. The molecule has 8 nitrogen and oxygen atoms in total. The number of hydrogen-bond donors (Lipinski definition) is 2. The second-order valence-electron chi connectivity index (χ2n) is 10.3. The normalized spacial score (nSPS) is 15.1. The molecule has 2 aromatic rings. The fraction of sp³-hybridized carbons (Fsp3) is 0.414. The summed E-state index contributed by atoms with van der Waals surface area (Å²) in [5, 5.41) is 10.6. The van der Waals surface area contributed by atoms with E-state index in [0.717, 1.165) is 42.4 Å². The van der Waals surface area contributed by atoms with Gasteiger partial charge < -0.3 is 25.3 Å². The molecule has 3 rings (SSSR count). The summed E-state index contributed by atoms with van der Waals surface area (Å²) < 4.78 is 102. The minimum Gasteiger partial charge on any atom is -0.409 e. The quantitative estimate of drug-likeness (QED) is 0.205. The molecule has 2 N–H and O–H groups in total. The van der Waals surface area contributed by atoms with Crippen molar-refractivity contribution < 1.29 is 45.1 Å². The van der Waals surface area contributed by atoms with Crippen molar-refractivity contribution >= 4 is 29.5 Å². The molecule has 1 saturated heterocycles. The number of halogens is 7. The largest absolute Gasteiger partial charge is 0.420 e. The summed E-state index contributed by atoms with van der Waals surface area (Å²) in [6.07, 6.45) is -9.05. The number of ether oxygens (including phenoxy) is 1. The highest BCUT2D eigenvalue weighted by molar-refractivity contribution is 6.10. The summed E-state index contributed by atoms with van der Waals surface area (Å²) in [4.78, 5) is 29.4. The van der Waals surface area contributed by atoms with Crippen LogP contribution in [-0.4, -0.2) is 75.3 Å². The van der Waals surface area contributed by atoms with Crippen molar-refractivity contribution in [2.75, 3.05) is 52.2 Å². The monoisotopic (exact) mass is 631 g/mol. The van der Waals surface area contributed by atoms with Crippen LogP contribution in [0.2, 0.25) is 0 Å². The lowest BCUT2D eigenvalue weighted by Gasteiger charge is -2.32. The zero-order valence-corrected chi connectivity index (χ0v) is 24.2. The van der Waals surface area contributed by atoms with Crippen molar-refractivity contribution in [2.24, 2.45) is 5.92 Å². The molecule has 44 heavy (non-hydrogen) atoms. The first-order valence-electron chi connectivity index (χ1n) is 13.4. The molecule has 1 heterocycles. The molecule has 240 valence electrons. The number of likely N-dealkylation sites (tertiary alicyclic amines) is 1. The molecular formula is C29H32F7N5O3. The number of piperidine rings is 1. The topological polar surface area (TPSA) is 89.0 Å². The Bertz CT molecular complexity index is 1370. The van der Waals surface area contributed by atoms with Crippen LogP contribution >= 0.6 is 0 Å². The van der Waals surface area contributed by atoms with Gasteiger partial charge in [0, 0.05) is 69.4 Å². The molecule has 0 saturated carbocycles. The number of amides is 2. The highest BCUT2D eigenvalue weighted by atomic mass is 19.4. The number of allylic oxidation sites excluding steroid dienone is 1. The Morgan fingerprint density at radius 1 is 1.02 bits per heavy atom. The van der Waals surface area contributed by atoms with Crippen molar-refractivity contribution in [3.8, 4) is 5.75 Å². The Balaban J connectivity index is 1.89. The first-order chi connectivity index (χ1) is 20.5. The molecule has 1 aliphatic rings. The van der Waals surface area contributed by atoms with Crippen LogP contribution in [0.4, 0.5) is 41.2 Å². The van der Waals surface area contributed by atoms with Gasteiger partial charge >= 0.3 is 18.4 Å². The van der Waals surface area contributed by atoms with Crippen molar-refractivity contribution in [1.29, 1.82) is 5.41 Å². The third kappa shape index (κ3) is 8.71. The SMILES string of the molecule is CN(C)C(=O)C1CCN(CCN/C=C(\C=N)c2cc(C(F)(F)F)cc(C(F)(F)F)c2OC(=O)N(C)c2ccc(F)cc2)CC1. The van der Waals surface area contributed by atoms with E-state index in [2.05, 4.69) is 10.2 Å². The van der Waals surface area contributed by atoms with Crippen LogP contribution in [0.5, 0.6) is 5.75 Å². The summed E-state index contributed by atoms with van der Waals surface area (Å²) in [5.74, 6) is -1.92. The fourth-order valence-corrected chi connectivity index (χ4v) is 4.62. The van der Waals surface area contributed by atoms with Gasteiger partial charge in [0.25, 0.3) is 0 Å². The van der Waals surface area contributed by atoms with Gasteiger partial charge in [0.15, 0.2) is 5.75 Å². The summed E-state index contributed by atoms with van der Waals surface area (Å²) >= 11 is 0. The van der Waals surface area contributed by atoms with E-state index in [9.17, 15) is 40.3 Å². The number of rotatable bonds is 9. The molecule has 2 aromatic carbocycles. The molecule has 0 unspecified atom stereocenters. The number of carbonyl (C=O) groups is 2. The number of hydrogen-bond acceptors (Lipinski definition) is 6. The van der Waals surface area contributed by atoms with Crippen LogP contribution < -0.4 is 15.0 Å². The number of carbonyl (C=O) groups excluding carboxylic acids is 2. The van der Waals surface area contributed by atoms with Crippen LogP contribution in [0.15, 0.2) is 42.6 Å². The number of nitrogens with one attached hydrogen (secondary N) is 2. The summed E-state index contributed by atoms with van der Waals surface area (Å²) in [6.45, 7) is 1.91. The minimum atomic E-state index is -5.37. The van der Waals surface area contributed by atoms with Gasteiger partial charge in [-0.05, 0) is 62.3 Å². The Hall–Kier alpha value is -4.14. The van der Waals surface area contributed by atoms with Crippen molar-refractivity contribution in [3.05, 3.63) is 65.1 Å². The highest BCUT2D eigenvalue weighted by Crippen LogP contribution is 2.44. The van der Waals surface area contributed by atoms with Gasteiger partial charge in [-0.25, -0.2) is 9.18 Å². The van der Waals surface area contributed by atoms with E-state index >= 15 is 0 Å². The molecule has 0 aromatic heterocycles. The molecule has 0 atom stereocenters. The molecule has 15 heteroatoms. The van der Waals surface area contributed by atoms with E-state index in [-0.39, 0.29) is 30.1 Å². The predicted octanol–water partition coefficient (Wildman–Crippen LogP) is 5.88. The molecule has 2 amide bonds. The van der Waals surface area contributed by atoms with Crippen molar-refractivity contribution in [1.82, 2.24) is 15.1 Å². The first kappa shape index (κ1) is 34.4. The van der Waals surface area contributed by atoms with Crippen molar-refractivity contribution in [3.63, 3.8) is 0 Å². The zero-order chi connectivity index (χ0) is 32.8. The number of anilines is 1. The lowest BCUT2D eigenvalue weighted by atomic mass is 9.95. The Labute approximate surface area is 249 Å². The van der Waals surface area contributed by atoms with Crippen LogP contribution in [0.1, 0.15) is 29.5 Å². The van der Waals surface area contributed by atoms with Gasteiger partial charge in [-0.15, -0.1) is 0 Å². The smallest absolute Gasteiger partial charge is 0.409 e. The van der Waals surface area contributed by atoms with Crippen LogP contribution in [-0.2, 0) is 17.1 Å². The summed E-state index contributed by atoms with van der Waals surface area (Å²) in [5.41, 5.74) is -4.69. The molecule has 0 aliphatic carbocycles. The zero-order valence-electron chi connectivity index (χ0n) is 24.2. The van der Waals surface area contributed by atoms with E-state index in [4.69, 9.17) is 10.1 Å². The average Bonchev–Trinajstić information content (AvgIpc) is 2.96. The van der Waals surface area contributed by atoms with Gasteiger partial charge in [-0.3, -0.25) is 9.69 Å². The fourth-order valence-electron chi connectivity index (χ4n) is 4.62. The maximum atomic E-state index is 14.1. The Morgan fingerprint density at radius 2 is 1.64 bits per heavy atom. The van der Waals surface area contributed by atoms with Gasteiger partial charge in [0.1, 0.15) is 5.82 Å². The first-order valence-corrected chi connectivity index (χ1v) is 13.4. The van der Waals surface area contributed by atoms with Crippen LogP contribution in [0.3, 0.4) is 0 Å². The maximum absolute atomic E-state index is 14.1. The summed E-state index contributed by atoms with van der Waals surface area (Å²) in [7, 11) is 4.49. The van der Waals surface area contributed by atoms with Gasteiger partial charge in [0.05, 0.1) is 11.1 Å². The molecule has 1 aliphatic heterocycles. The molecule has 0 spiro atoms. The molecule has 0 bridgehead atoms. The Kier molecular flexibility index (Phi) is 11.0. The minimum absolute atomic E-state index is 0.0398. The second-order valence-corrected chi connectivity index (χ2v) is 10.3. The van der Waals surface area contributed by atoms with E-state index in [1.54, 1.807) is 14.1 Å². The molecular weight excluding hydrogens is 599 g/mol. The number of benzene rings is 2. The second kappa shape index (κ2) is 14.1. The summed E-state index contributed by atoms with van der Waals surface area (Å²) in [6, 6.07) is 4.52. The highest BCUT2D eigenvalue weighted by Gasteiger charge is 2.41. The van der Waals surface area contributed by atoms with E-state index in [1.165, 1.54) is 4.90 Å². The standard InChI is InChI=1S/C29H32F7N5O3/c1-39(2)26(42)18-8-11-41(12-9-18)13-10-38-17-19(16-37)23-14-20(28(31,32)33)15-24(29(34,35)36)25(23)44-27(43)40(3)22-6-4-21(30)5-7-22/h4-7,14-18,37-38H,8-13H2,1-3H3/b19-17+,37-16?. The third-order valence-corrected chi connectivity index (χ3v) is 7.07. The van der Waals surface area contributed by atoms with Crippen LogP contribution in [0.25, 0.3) is 5.57 Å². The average molecular weight is 632 g/mol. The van der Waals surface area contributed by atoms with Crippen LogP contribution in [0, 0.1) is 17.1 Å². The lowest BCUT2D eigenvalue weighted by Crippen LogP contribution is -2.42. The molecule has 1 fully saturated rings. The van der Waals surface area contributed by atoms with E-state index in [1.807, 2.05) is 0 Å². The third-order valence-electron chi connectivity index (χ3n) is 7.07.